The zero-order valence-corrected chi connectivity index (χ0v) is 19.6. The lowest BCUT2D eigenvalue weighted by Crippen LogP contribution is -2.59. The number of fused-ring (bicyclic) bond motifs is 3. The largest absolute Gasteiger partial charge is 0.352 e. The molecule has 3 aliphatic rings. The van der Waals surface area contributed by atoms with Crippen molar-refractivity contribution in [3.05, 3.63) is 35.4 Å². The fourth-order valence-electron chi connectivity index (χ4n) is 5.11. The van der Waals surface area contributed by atoms with Gasteiger partial charge in [-0.3, -0.25) is 14.4 Å². The van der Waals surface area contributed by atoms with E-state index in [0.29, 0.717) is 5.56 Å². The monoisotopic (exact) mass is 443 g/mol. The number of carbonyl (C=O) groups excluding carboxylic acids is 3. The molecule has 1 aromatic carbocycles. The minimum absolute atomic E-state index is 0.0491. The third-order valence-corrected chi connectivity index (χ3v) is 8.28. The van der Waals surface area contributed by atoms with Gasteiger partial charge in [-0.1, -0.05) is 51.3 Å². The number of hydrogen-bond donors (Lipinski definition) is 2. The molecule has 1 saturated carbocycles. The van der Waals surface area contributed by atoms with E-state index in [1.54, 1.807) is 16.7 Å². The van der Waals surface area contributed by atoms with Crippen LogP contribution in [0.1, 0.15) is 81.1 Å². The lowest BCUT2D eigenvalue weighted by Gasteiger charge is -2.33. The van der Waals surface area contributed by atoms with Gasteiger partial charge in [-0.2, -0.15) is 0 Å². The quantitative estimate of drug-likeness (QED) is 0.729. The van der Waals surface area contributed by atoms with E-state index in [0.717, 1.165) is 31.2 Å². The maximum Gasteiger partial charge on any atom is 0.256 e. The van der Waals surface area contributed by atoms with E-state index in [4.69, 9.17) is 0 Å². The summed E-state index contributed by atoms with van der Waals surface area (Å²) in [5.74, 6) is -0.525. The smallest absolute Gasteiger partial charge is 0.256 e. The third-order valence-electron chi connectivity index (χ3n) is 6.74. The number of thioether (sulfide) groups is 1. The highest BCUT2D eigenvalue weighted by Crippen LogP contribution is 2.56. The van der Waals surface area contributed by atoms with Gasteiger partial charge in [0, 0.05) is 16.4 Å². The maximum absolute atomic E-state index is 13.5. The van der Waals surface area contributed by atoms with Gasteiger partial charge in [-0.25, -0.2) is 0 Å². The summed E-state index contributed by atoms with van der Waals surface area (Å²) in [5, 5.41) is 5.99. The summed E-state index contributed by atoms with van der Waals surface area (Å²) in [7, 11) is 0. The number of rotatable bonds is 5. The topological polar surface area (TPSA) is 78.5 Å². The number of amides is 3. The van der Waals surface area contributed by atoms with Gasteiger partial charge in [-0.15, -0.1) is 11.8 Å². The molecule has 0 bridgehead atoms. The van der Waals surface area contributed by atoms with Crippen molar-refractivity contribution < 1.29 is 14.4 Å². The lowest BCUT2D eigenvalue weighted by molar-refractivity contribution is -0.133. The molecule has 0 spiro atoms. The highest BCUT2D eigenvalue weighted by molar-refractivity contribution is 8.01. The Morgan fingerprint density at radius 3 is 2.48 bits per heavy atom. The van der Waals surface area contributed by atoms with Gasteiger partial charge in [0.15, 0.2) is 0 Å². The van der Waals surface area contributed by atoms with Crippen LogP contribution in [-0.4, -0.2) is 45.5 Å². The maximum atomic E-state index is 13.5. The van der Waals surface area contributed by atoms with Crippen LogP contribution in [0.5, 0.6) is 0 Å². The van der Waals surface area contributed by atoms with Crippen LogP contribution < -0.4 is 10.6 Å². The molecule has 1 aromatic rings. The number of carbonyl (C=O) groups is 3. The second kappa shape index (κ2) is 8.49. The Morgan fingerprint density at radius 2 is 1.81 bits per heavy atom. The van der Waals surface area contributed by atoms with E-state index >= 15 is 0 Å². The van der Waals surface area contributed by atoms with Gasteiger partial charge in [0.05, 0.1) is 0 Å². The molecule has 3 atom stereocenters. The molecule has 3 amide bonds. The second-order valence-electron chi connectivity index (χ2n) is 9.85. The predicted molar refractivity (Wildman–Crippen MR) is 123 cm³/mol. The first kappa shape index (κ1) is 22.2. The van der Waals surface area contributed by atoms with E-state index in [1.165, 1.54) is 6.42 Å². The average Bonchev–Trinajstić information content (AvgIpc) is 3.16. The van der Waals surface area contributed by atoms with Crippen LogP contribution >= 0.6 is 11.8 Å². The molecule has 2 aliphatic heterocycles. The highest BCUT2D eigenvalue weighted by Gasteiger charge is 2.57. The Balaban J connectivity index is 1.52. The summed E-state index contributed by atoms with van der Waals surface area (Å²) in [4.78, 5) is 41.4. The highest BCUT2D eigenvalue weighted by atomic mass is 32.2. The van der Waals surface area contributed by atoms with Crippen LogP contribution in [0.15, 0.2) is 24.3 Å². The van der Waals surface area contributed by atoms with Crippen molar-refractivity contribution in [2.24, 2.45) is 5.92 Å². The number of nitrogens with one attached hydrogen (secondary N) is 2. The lowest BCUT2D eigenvalue weighted by atomic mass is 9.94. The molecular weight excluding hydrogens is 410 g/mol. The van der Waals surface area contributed by atoms with Gasteiger partial charge in [0.2, 0.25) is 11.8 Å². The molecule has 4 rings (SSSR count). The molecule has 1 saturated heterocycles. The summed E-state index contributed by atoms with van der Waals surface area (Å²) in [5.41, 5.74) is 1.64. The van der Waals surface area contributed by atoms with Crippen LogP contribution in [0.4, 0.5) is 0 Å². The number of hydrogen-bond acceptors (Lipinski definition) is 4. The minimum Gasteiger partial charge on any atom is -0.352 e. The standard InChI is InChI=1S/C24H33N3O3S/c1-14(2)18(20(28)25-15-10-6-5-7-11-15)26-21(29)19-24(3,4)31-23-17-13-9-8-12-16(17)22(30)27(19)23/h8-9,12-15,18-19,23H,5-7,10-11H2,1-4H3,(H,25,28)(H,26,29)/t18-,19+,23?/m0/s1. The van der Waals surface area contributed by atoms with Crippen LogP contribution in [0.25, 0.3) is 0 Å². The van der Waals surface area contributed by atoms with Crippen LogP contribution in [-0.2, 0) is 9.59 Å². The second-order valence-corrected chi connectivity index (χ2v) is 11.6. The predicted octanol–water partition coefficient (Wildman–Crippen LogP) is 3.62. The molecule has 2 fully saturated rings. The molecule has 6 nitrogen and oxygen atoms in total. The van der Waals surface area contributed by atoms with Crippen molar-refractivity contribution in [2.75, 3.05) is 0 Å². The van der Waals surface area contributed by atoms with Gasteiger partial charge in [-0.05, 0) is 44.2 Å². The molecule has 168 valence electrons. The Hall–Kier alpha value is -2.02. The first-order valence-corrected chi connectivity index (χ1v) is 12.3. The van der Waals surface area contributed by atoms with Gasteiger partial charge < -0.3 is 15.5 Å². The Bertz CT molecular complexity index is 879. The van der Waals surface area contributed by atoms with Crippen molar-refractivity contribution in [3.63, 3.8) is 0 Å². The molecule has 31 heavy (non-hydrogen) atoms. The van der Waals surface area contributed by atoms with Crippen LogP contribution in [0, 0.1) is 5.92 Å². The Morgan fingerprint density at radius 1 is 1.13 bits per heavy atom. The van der Waals surface area contributed by atoms with Crippen molar-refractivity contribution in [3.8, 4) is 0 Å². The molecule has 1 unspecified atom stereocenters. The summed E-state index contributed by atoms with van der Waals surface area (Å²) < 4.78 is -0.459. The zero-order valence-electron chi connectivity index (χ0n) is 18.8. The minimum atomic E-state index is -0.633. The number of benzene rings is 1. The van der Waals surface area contributed by atoms with Crippen LogP contribution in [0.3, 0.4) is 0 Å². The fraction of sp³-hybridized carbons (Fsp3) is 0.625. The van der Waals surface area contributed by atoms with E-state index < -0.39 is 16.8 Å². The first-order valence-electron chi connectivity index (χ1n) is 11.4. The normalized spacial score (nSPS) is 25.8. The summed E-state index contributed by atoms with van der Waals surface area (Å²) in [6.45, 7) is 7.89. The zero-order chi connectivity index (χ0) is 22.3. The van der Waals surface area contributed by atoms with Crippen molar-refractivity contribution in [1.29, 1.82) is 0 Å². The average molecular weight is 444 g/mol. The van der Waals surface area contributed by atoms with E-state index in [-0.39, 0.29) is 35.1 Å². The molecule has 1 aliphatic carbocycles. The summed E-state index contributed by atoms with van der Waals surface area (Å²) in [6, 6.07) is 6.52. The molecule has 0 radical (unpaired) electrons. The molecule has 7 heteroatoms. The van der Waals surface area contributed by atoms with Crippen molar-refractivity contribution in [2.45, 2.75) is 88.0 Å². The van der Waals surface area contributed by atoms with E-state index in [2.05, 4.69) is 10.6 Å². The van der Waals surface area contributed by atoms with E-state index in [1.807, 2.05) is 52.0 Å². The molecule has 2 heterocycles. The molecular formula is C24H33N3O3S. The first-order chi connectivity index (χ1) is 14.7. The molecule has 0 aromatic heterocycles. The van der Waals surface area contributed by atoms with Gasteiger partial charge in [0.1, 0.15) is 17.5 Å². The number of nitrogens with zero attached hydrogens (tertiary/aromatic N) is 1. The Kier molecular flexibility index (Phi) is 6.08. The summed E-state index contributed by atoms with van der Waals surface area (Å²) >= 11 is 1.64. The fourth-order valence-corrected chi connectivity index (χ4v) is 6.70. The summed E-state index contributed by atoms with van der Waals surface area (Å²) in [6.07, 6.45) is 5.49. The van der Waals surface area contributed by atoms with Crippen molar-refractivity contribution in [1.82, 2.24) is 15.5 Å². The van der Waals surface area contributed by atoms with Gasteiger partial charge in [0.25, 0.3) is 5.91 Å². The Labute approximate surface area is 188 Å². The van der Waals surface area contributed by atoms with Gasteiger partial charge >= 0.3 is 0 Å². The third kappa shape index (κ3) is 4.09. The molecule has 2 N–H and O–H groups in total. The van der Waals surface area contributed by atoms with Crippen LogP contribution in [0.2, 0.25) is 0 Å². The van der Waals surface area contributed by atoms with Crippen molar-refractivity contribution >= 4 is 29.5 Å². The van der Waals surface area contributed by atoms with E-state index in [9.17, 15) is 14.4 Å². The SMILES string of the molecule is CC(C)[C@H](NC(=O)[C@H]1N2C(=O)c3ccccc3C2SC1(C)C)C(=O)NC1CCCCC1.